The normalized spacial score (nSPS) is 20.0. The van der Waals surface area contributed by atoms with Crippen molar-refractivity contribution in [1.29, 1.82) is 0 Å². The van der Waals surface area contributed by atoms with Crippen molar-refractivity contribution in [1.82, 2.24) is 0 Å². The van der Waals surface area contributed by atoms with Gasteiger partial charge in [-0.25, -0.2) is 8.42 Å². The van der Waals surface area contributed by atoms with E-state index in [2.05, 4.69) is 20.7 Å². The minimum absolute atomic E-state index is 0.0219. The summed E-state index contributed by atoms with van der Waals surface area (Å²) in [5.74, 6) is -0.0219. The summed E-state index contributed by atoms with van der Waals surface area (Å²) in [5.41, 5.74) is 0.445. The van der Waals surface area contributed by atoms with Gasteiger partial charge < -0.3 is 4.74 Å². The third-order valence-corrected chi connectivity index (χ3v) is 4.89. The van der Waals surface area contributed by atoms with Crippen LogP contribution in [-0.4, -0.2) is 26.9 Å². The molecule has 1 unspecified atom stereocenters. The second kappa shape index (κ2) is 5.77. The molecule has 4 nitrogen and oxygen atoms in total. The van der Waals surface area contributed by atoms with Crippen LogP contribution in [0.2, 0.25) is 5.02 Å². The van der Waals surface area contributed by atoms with Crippen LogP contribution in [0.25, 0.3) is 0 Å². The SMILES string of the molecule is O=S(=O)(CC1CCCO1)Nc1cc(Cl)ccc1Br. The number of ether oxygens (including phenoxy) is 1. The third-order valence-electron chi connectivity index (χ3n) is 2.62. The van der Waals surface area contributed by atoms with E-state index in [0.717, 1.165) is 12.8 Å². The average molecular weight is 355 g/mol. The summed E-state index contributed by atoms with van der Waals surface area (Å²) in [7, 11) is -3.42. The van der Waals surface area contributed by atoms with Gasteiger partial charge in [0.15, 0.2) is 0 Å². The molecule has 1 aliphatic rings. The molecule has 1 heterocycles. The summed E-state index contributed by atoms with van der Waals surface area (Å²) < 4.78 is 32.4. The monoisotopic (exact) mass is 353 g/mol. The van der Waals surface area contributed by atoms with Crippen molar-refractivity contribution in [3.05, 3.63) is 27.7 Å². The second-order valence-corrected chi connectivity index (χ2v) is 7.20. The van der Waals surface area contributed by atoms with E-state index in [1.807, 2.05) is 0 Å². The molecule has 0 saturated carbocycles. The van der Waals surface area contributed by atoms with Crippen molar-refractivity contribution >= 4 is 43.2 Å². The van der Waals surface area contributed by atoms with E-state index in [-0.39, 0.29) is 11.9 Å². The molecule has 1 aromatic carbocycles. The molecule has 2 rings (SSSR count). The van der Waals surface area contributed by atoms with Gasteiger partial charge in [0.05, 0.1) is 17.5 Å². The molecule has 100 valence electrons. The molecule has 1 N–H and O–H groups in total. The zero-order chi connectivity index (χ0) is 13.2. The van der Waals surface area contributed by atoms with Gasteiger partial charge in [-0.3, -0.25) is 4.72 Å². The van der Waals surface area contributed by atoms with Crippen LogP contribution in [0.3, 0.4) is 0 Å². The fourth-order valence-electron chi connectivity index (χ4n) is 1.81. The van der Waals surface area contributed by atoms with E-state index >= 15 is 0 Å². The molecule has 0 aromatic heterocycles. The molecule has 0 radical (unpaired) electrons. The molecule has 0 aliphatic carbocycles. The molecule has 1 atom stereocenters. The lowest BCUT2D eigenvalue weighted by Gasteiger charge is -2.13. The Balaban J connectivity index is 2.09. The minimum Gasteiger partial charge on any atom is -0.377 e. The van der Waals surface area contributed by atoms with Crippen molar-refractivity contribution in [2.45, 2.75) is 18.9 Å². The highest BCUT2D eigenvalue weighted by Crippen LogP contribution is 2.27. The maximum atomic E-state index is 12.0. The van der Waals surface area contributed by atoms with Gasteiger partial charge in [-0.05, 0) is 47.0 Å². The molecule has 0 bridgehead atoms. The van der Waals surface area contributed by atoms with E-state index in [0.29, 0.717) is 21.8 Å². The average Bonchev–Trinajstić information content (AvgIpc) is 2.75. The van der Waals surface area contributed by atoms with Crippen LogP contribution >= 0.6 is 27.5 Å². The zero-order valence-electron chi connectivity index (χ0n) is 9.53. The second-order valence-electron chi connectivity index (χ2n) is 4.14. The van der Waals surface area contributed by atoms with E-state index in [9.17, 15) is 8.42 Å². The summed E-state index contributed by atoms with van der Waals surface area (Å²) in [6.45, 7) is 0.640. The van der Waals surface area contributed by atoms with Gasteiger partial charge in [-0.1, -0.05) is 11.6 Å². The molecule has 1 fully saturated rings. The number of benzene rings is 1. The van der Waals surface area contributed by atoms with Crippen LogP contribution in [0.4, 0.5) is 5.69 Å². The highest BCUT2D eigenvalue weighted by Gasteiger charge is 2.23. The Bertz CT molecular complexity index is 529. The number of hydrogen-bond donors (Lipinski definition) is 1. The van der Waals surface area contributed by atoms with Crippen molar-refractivity contribution in [2.75, 3.05) is 17.1 Å². The van der Waals surface area contributed by atoms with E-state index in [1.165, 1.54) is 0 Å². The Kier molecular flexibility index (Phi) is 4.53. The first-order valence-corrected chi connectivity index (χ1v) is 8.36. The number of sulfonamides is 1. The van der Waals surface area contributed by atoms with Gasteiger partial charge in [0.1, 0.15) is 0 Å². The summed E-state index contributed by atoms with van der Waals surface area (Å²) in [6, 6.07) is 4.95. The van der Waals surface area contributed by atoms with Crippen LogP contribution in [-0.2, 0) is 14.8 Å². The van der Waals surface area contributed by atoms with Gasteiger partial charge in [-0.2, -0.15) is 0 Å². The van der Waals surface area contributed by atoms with Gasteiger partial charge in [0.2, 0.25) is 10.0 Å². The molecule has 0 spiro atoms. The summed E-state index contributed by atoms with van der Waals surface area (Å²) in [4.78, 5) is 0. The lowest BCUT2D eigenvalue weighted by atomic mass is 10.3. The van der Waals surface area contributed by atoms with Crippen LogP contribution in [0.5, 0.6) is 0 Å². The van der Waals surface area contributed by atoms with Gasteiger partial charge in [0, 0.05) is 16.1 Å². The van der Waals surface area contributed by atoms with Gasteiger partial charge in [-0.15, -0.1) is 0 Å². The zero-order valence-corrected chi connectivity index (χ0v) is 12.7. The first-order valence-electron chi connectivity index (χ1n) is 5.53. The van der Waals surface area contributed by atoms with E-state index < -0.39 is 10.0 Å². The van der Waals surface area contributed by atoms with Crippen LogP contribution < -0.4 is 4.72 Å². The Morgan fingerprint density at radius 3 is 2.94 bits per heavy atom. The lowest BCUT2D eigenvalue weighted by Crippen LogP contribution is -2.25. The molecule has 0 amide bonds. The van der Waals surface area contributed by atoms with Crippen LogP contribution in [0, 0.1) is 0 Å². The maximum absolute atomic E-state index is 12.0. The van der Waals surface area contributed by atoms with Crippen molar-refractivity contribution in [3.8, 4) is 0 Å². The quantitative estimate of drug-likeness (QED) is 0.904. The number of halogens is 2. The molecule has 1 saturated heterocycles. The largest absolute Gasteiger partial charge is 0.377 e. The predicted molar refractivity (Wildman–Crippen MR) is 75.5 cm³/mol. The molecule has 1 aliphatic heterocycles. The molecule has 1 aromatic rings. The predicted octanol–water partition coefficient (Wildman–Crippen LogP) is 3.02. The first kappa shape index (κ1) is 14.1. The third kappa shape index (κ3) is 3.85. The number of anilines is 1. The summed E-state index contributed by atoms with van der Waals surface area (Å²) in [6.07, 6.45) is 1.50. The highest BCUT2D eigenvalue weighted by atomic mass is 79.9. The topological polar surface area (TPSA) is 55.4 Å². The Labute approximate surface area is 120 Å². The first-order chi connectivity index (χ1) is 8.46. The fourth-order valence-corrected chi connectivity index (χ4v) is 3.79. The minimum atomic E-state index is -3.42. The number of hydrogen-bond acceptors (Lipinski definition) is 3. The fraction of sp³-hybridized carbons (Fsp3) is 0.455. The van der Waals surface area contributed by atoms with Crippen LogP contribution in [0.1, 0.15) is 12.8 Å². The molecular formula is C11H13BrClNO3S. The standard InChI is InChI=1S/C11H13BrClNO3S/c12-10-4-3-8(13)6-11(10)14-18(15,16)7-9-2-1-5-17-9/h3-4,6,9,14H,1-2,5,7H2. The highest BCUT2D eigenvalue weighted by molar-refractivity contribution is 9.10. The molecular weight excluding hydrogens is 342 g/mol. The van der Waals surface area contributed by atoms with E-state index in [1.54, 1.807) is 18.2 Å². The Morgan fingerprint density at radius 2 is 2.28 bits per heavy atom. The lowest BCUT2D eigenvalue weighted by molar-refractivity contribution is 0.127. The molecule has 7 heteroatoms. The maximum Gasteiger partial charge on any atom is 0.235 e. The number of rotatable bonds is 4. The van der Waals surface area contributed by atoms with Gasteiger partial charge in [0.25, 0.3) is 0 Å². The Morgan fingerprint density at radius 1 is 1.50 bits per heavy atom. The Hall–Kier alpha value is -0.300. The van der Waals surface area contributed by atoms with Crippen molar-refractivity contribution in [2.24, 2.45) is 0 Å². The van der Waals surface area contributed by atoms with Crippen LogP contribution in [0.15, 0.2) is 22.7 Å². The summed E-state index contributed by atoms with van der Waals surface area (Å²) in [5, 5.41) is 0.480. The van der Waals surface area contributed by atoms with Gasteiger partial charge >= 0.3 is 0 Å². The van der Waals surface area contributed by atoms with Crippen molar-refractivity contribution < 1.29 is 13.2 Å². The van der Waals surface area contributed by atoms with E-state index in [4.69, 9.17) is 16.3 Å². The van der Waals surface area contributed by atoms with Crippen molar-refractivity contribution in [3.63, 3.8) is 0 Å². The molecule has 18 heavy (non-hydrogen) atoms. The summed E-state index contributed by atoms with van der Waals surface area (Å²) >= 11 is 9.11. The smallest absolute Gasteiger partial charge is 0.235 e. The number of nitrogens with one attached hydrogen (secondary N) is 1.